The van der Waals surface area contributed by atoms with Crippen LogP contribution in [0.25, 0.3) is 0 Å². The number of urea groups is 1. The van der Waals surface area contributed by atoms with E-state index in [1.807, 2.05) is 0 Å². The van der Waals surface area contributed by atoms with Crippen molar-refractivity contribution < 1.29 is 36.2 Å². The zero-order chi connectivity index (χ0) is 19.8. The predicted octanol–water partition coefficient (Wildman–Crippen LogP) is 2.23. The standard InChI is InChI=1S/C16H13F3N2O5S/c17-16(18,19)26-11-8-6-10(7-9-11)21-14(22)13(20-15(21)23)27(24,25)12-4-2-1-3-5-12/h1-9,13-14,22H,(H,20,23)/t13-,14-/m0/s1. The zero-order valence-electron chi connectivity index (χ0n) is 13.4. The number of halogens is 3. The molecule has 1 heterocycles. The van der Waals surface area contributed by atoms with Gasteiger partial charge < -0.3 is 15.2 Å². The number of nitrogens with zero attached hydrogens (tertiary/aromatic N) is 1. The van der Waals surface area contributed by atoms with Gasteiger partial charge >= 0.3 is 12.4 Å². The number of hydrogen-bond acceptors (Lipinski definition) is 5. The van der Waals surface area contributed by atoms with Crippen LogP contribution < -0.4 is 15.0 Å². The maximum atomic E-state index is 12.6. The normalized spacial score (nSPS) is 20.4. The van der Waals surface area contributed by atoms with E-state index in [-0.39, 0.29) is 10.6 Å². The summed E-state index contributed by atoms with van der Waals surface area (Å²) in [5.41, 5.74) is 0.000265. The highest BCUT2D eigenvalue weighted by Crippen LogP contribution is 2.30. The number of rotatable bonds is 4. The van der Waals surface area contributed by atoms with E-state index < -0.39 is 39.6 Å². The Kier molecular flexibility index (Phi) is 4.74. The van der Waals surface area contributed by atoms with Crippen LogP contribution in [-0.4, -0.2) is 37.5 Å². The van der Waals surface area contributed by atoms with Crippen LogP contribution in [0.15, 0.2) is 59.5 Å². The van der Waals surface area contributed by atoms with E-state index in [1.165, 1.54) is 24.3 Å². The molecule has 7 nitrogen and oxygen atoms in total. The summed E-state index contributed by atoms with van der Waals surface area (Å²) in [5, 5.41) is 10.9. The number of sulfone groups is 1. The first-order valence-corrected chi connectivity index (χ1v) is 9.07. The molecule has 2 N–H and O–H groups in total. The Morgan fingerprint density at radius 1 is 1.04 bits per heavy atom. The number of anilines is 1. The Labute approximate surface area is 151 Å². The molecule has 0 unspecified atom stereocenters. The molecule has 1 aliphatic rings. The summed E-state index contributed by atoms with van der Waals surface area (Å²) in [6, 6.07) is 10.4. The number of benzene rings is 2. The van der Waals surface area contributed by atoms with E-state index in [0.717, 1.165) is 29.2 Å². The Morgan fingerprint density at radius 3 is 2.19 bits per heavy atom. The Hall–Kier alpha value is -2.79. The monoisotopic (exact) mass is 402 g/mol. The molecular weight excluding hydrogens is 389 g/mol. The quantitative estimate of drug-likeness (QED) is 0.818. The van der Waals surface area contributed by atoms with Gasteiger partial charge in [-0.15, -0.1) is 13.2 Å². The highest BCUT2D eigenvalue weighted by molar-refractivity contribution is 7.92. The topological polar surface area (TPSA) is 95.9 Å². The van der Waals surface area contributed by atoms with Crippen molar-refractivity contribution in [3.05, 3.63) is 54.6 Å². The summed E-state index contributed by atoms with van der Waals surface area (Å²) in [6.07, 6.45) is -6.65. The van der Waals surface area contributed by atoms with Gasteiger partial charge in [0.1, 0.15) is 5.75 Å². The third kappa shape index (κ3) is 3.83. The lowest BCUT2D eigenvalue weighted by Gasteiger charge is -2.22. The number of ether oxygens (including phenoxy) is 1. The summed E-state index contributed by atoms with van der Waals surface area (Å²) in [6.45, 7) is 0. The molecule has 0 saturated carbocycles. The first-order valence-electron chi connectivity index (χ1n) is 7.52. The molecule has 2 atom stereocenters. The summed E-state index contributed by atoms with van der Waals surface area (Å²) in [5.74, 6) is -0.520. The highest BCUT2D eigenvalue weighted by atomic mass is 32.2. The van der Waals surface area contributed by atoms with E-state index in [9.17, 15) is 31.5 Å². The maximum absolute atomic E-state index is 12.6. The summed E-state index contributed by atoms with van der Waals surface area (Å²) >= 11 is 0. The van der Waals surface area contributed by atoms with Gasteiger partial charge in [-0.2, -0.15) is 0 Å². The third-order valence-corrected chi connectivity index (χ3v) is 5.73. The number of aliphatic hydroxyl groups is 1. The SMILES string of the molecule is O=C1N[C@@H](S(=O)(=O)c2ccccc2)[C@H](O)N1c1ccc(OC(F)(F)F)cc1. The second-order valence-corrected chi connectivity index (χ2v) is 7.62. The van der Waals surface area contributed by atoms with Crippen LogP contribution in [0, 0.1) is 0 Å². The Bertz CT molecular complexity index is 933. The highest BCUT2D eigenvalue weighted by Gasteiger charge is 2.47. The van der Waals surface area contributed by atoms with Crippen molar-refractivity contribution in [3.63, 3.8) is 0 Å². The van der Waals surface area contributed by atoms with Crippen LogP contribution in [-0.2, 0) is 9.84 Å². The van der Waals surface area contributed by atoms with Gasteiger partial charge in [-0.25, -0.2) is 13.2 Å². The molecule has 0 bridgehead atoms. The molecule has 0 aromatic heterocycles. The molecule has 27 heavy (non-hydrogen) atoms. The number of hydrogen-bond donors (Lipinski definition) is 2. The number of carbonyl (C=O) groups is 1. The number of amides is 2. The van der Waals surface area contributed by atoms with Gasteiger partial charge in [0.2, 0.25) is 9.84 Å². The van der Waals surface area contributed by atoms with Crippen molar-refractivity contribution in [2.75, 3.05) is 4.90 Å². The van der Waals surface area contributed by atoms with Crippen molar-refractivity contribution in [1.82, 2.24) is 5.32 Å². The second-order valence-electron chi connectivity index (χ2n) is 5.55. The minimum absolute atomic E-state index is 0.000265. The first kappa shape index (κ1) is 19.0. The molecule has 2 aromatic rings. The van der Waals surface area contributed by atoms with Crippen LogP contribution in [0.4, 0.5) is 23.7 Å². The van der Waals surface area contributed by atoms with Gasteiger partial charge in [0.15, 0.2) is 11.6 Å². The predicted molar refractivity (Wildman–Crippen MR) is 87.6 cm³/mol. The number of nitrogens with one attached hydrogen (secondary N) is 1. The second kappa shape index (κ2) is 6.74. The summed E-state index contributed by atoms with van der Waals surface area (Å²) in [7, 11) is -4.09. The molecule has 0 aliphatic carbocycles. The van der Waals surface area contributed by atoms with Gasteiger partial charge in [-0.05, 0) is 36.4 Å². The van der Waals surface area contributed by atoms with E-state index in [1.54, 1.807) is 6.07 Å². The van der Waals surface area contributed by atoms with Gasteiger partial charge in [-0.3, -0.25) is 4.90 Å². The van der Waals surface area contributed by atoms with Gasteiger partial charge in [0.25, 0.3) is 0 Å². The van der Waals surface area contributed by atoms with Crippen molar-refractivity contribution in [2.45, 2.75) is 22.9 Å². The van der Waals surface area contributed by atoms with E-state index in [4.69, 9.17) is 0 Å². The average molecular weight is 402 g/mol. The van der Waals surface area contributed by atoms with Crippen molar-refractivity contribution in [2.24, 2.45) is 0 Å². The Balaban J connectivity index is 1.85. The lowest BCUT2D eigenvalue weighted by Crippen LogP contribution is -2.41. The third-order valence-electron chi connectivity index (χ3n) is 3.77. The van der Waals surface area contributed by atoms with Crippen LogP contribution in [0.2, 0.25) is 0 Å². The molecule has 2 amide bonds. The molecule has 11 heteroatoms. The molecule has 1 fully saturated rings. The average Bonchev–Trinajstić information content (AvgIpc) is 2.90. The molecule has 3 rings (SSSR count). The van der Waals surface area contributed by atoms with Crippen molar-refractivity contribution >= 4 is 21.6 Å². The maximum Gasteiger partial charge on any atom is 0.573 e. The molecule has 0 spiro atoms. The van der Waals surface area contributed by atoms with Crippen LogP contribution >= 0.6 is 0 Å². The van der Waals surface area contributed by atoms with E-state index >= 15 is 0 Å². The fraction of sp³-hybridized carbons (Fsp3) is 0.188. The van der Waals surface area contributed by atoms with E-state index in [0.29, 0.717) is 0 Å². The molecule has 1 aliphatic heterocycles. The lowest BCUT2D eigenvalue weighted by molar-refractivity contribution is -0.274. The smallest absolute Gasteiger partial charge is 0.406 e. The fourth-order valence-electron chi connectivity index (χ4n) is 2.59. The minimum atomic E-state index is -4.87. The summed E-state index contributed by atoms with van der Waals surface area (Å²) < 4.78 is 65.6. The Morgan fingerprint density at radius 2 is 1.63 bits per heavy atom. The van der Waals surface area contributed by atoms with Crippen LogP contribution in [0.1, 0.15) is 0 Å². The molecule has 1 saturated heterocycles. The van der Waals surface area contributed by atoms with Gasteiger partial charge in [0.05, 0.1) is 4.90 Å². The van der Waals surface area contributed by atoms with Gasteiger partial charge in [-0.1, -0.05) is 18.2 Å². The largest absolute Gasteiger partial charge is 0.573 e. The number of alkyl halides is 3. The van der Waals surface area contributed by atoms with Crippen LogP contribution in [0.5, 0.6) is 5.75 Å². The molecule has 0 radical (unpaired) electrons. The van der Waals surface area contributed by atoms with Gasteiger partial charge in [0, 0.05) is 5.69 Å². The molecule has 2 aromatic carbocycles. The van der Waals surface area contributed by atoms with Crippen molar-refractivity contribution in [1.29, 1.82) is 0 Å². The first-order chi connectivity index (χ1) is 12.6. The van der Waals surface area contributed by atoms with E-state index in [2.05, 4.69) is 10.1 Å². The van der Waals surface area contributed by atoms with Crippen LogP contribution in [0.3, 0.4) is 0 Å². The number of aliphatic hydroxyl groups excluding tert-OH is 1. The number of carbonyl (C=O) groups excluding carboxylic acids is 1. The lowest BCUT2D eigenvalue weighted by atomic mass is 10.3. The molecular formula is C16H13F3N2O5S. The minimum Gasteiger partial charge on any atom is -0.406 e. The molecule has 144 valence electrons. The van der Waals surface area contributed by atoms with Crippen molar-refractivity contribution in [3.8, 4) is 5.75 Å². The summed E-state index contributed by atoms with van der Waals surface area (Å²) in [4.78, 5) is 12.8. The fourth-order valence-corrected chi connectivity index (χ4v) is 4.12. The zero-order valence-corrected chi connectivity index (χ0v) is 14.2.